The summed E-state index contributed by atoms with van der Waals surface area (Å²) in [7, 11) is -3.66. The second-order valence-corrected chi connectivity index (χ2v) is 9.88. The van der Waals surface area contributed by atoms with Crippen LogP contribution in [0.15, 0.2) is 30.3 Å². The maximum Gasteiger partial charge on any atom is 0.307 e. The molecular formula is C21H31NO6S. The maximum atomic E-state index is 13.4. The second-order valence-electron chi connectivity index (χ2n) is 8.24. The predicted molar refractivity (Wildman–Crippen MR) is 110 cm³/mol. The lowest BCUT2D eigenvalue weighted by Gasteiger charge is -2.35. The van der Waals surface area contributed by atoms with Crippen molar-refractivity contribution in [2.75, 3.05) is 26.0 Å². The van der Waals surface area contributed by atoms with E-state index in [4.69, 9.17) is 4.18 Å². The van der Waals surface area contributed by atoms with Gasteiger partial charge < -0.3 is 10.0 Å². The van der Waals surface area contributed by atoms with Gasteiger partial charge in [-0.2, -0.15) is 8.42 Å². The Balaban J connectivity index is 2.18. The first-order chi connectivity index (χ1) is 13.5. The predicted octanol–water partition coefficient (Wildman–Crippen LogP) is 2.56. The zero-order chi connectivity index (χ0) is 21.7. The number of hydrogen-bond donors (Lipinski definition) is 1. The molecule has 1 heterocycles. The number of amides is 1. The molecule has 8 heteroatoms. The van der Waals surface area contributed by atoms with E-state index in [1.165, 1.54) is 0 Å². The lowest BCUT2D eigenvalue weighted by atomic mass is 9.67. The molecule has 1 amide bonds. The van der Waals surface area contributed by atoms with E-state index < -0.39 is 27.4 Å². The van der Waals surface area contributed by atoms with Crippen LogP contribution in [0.2, 0.25) is 0 Å². The highest BCUT2D eigenvalue weighted by Gasteiger charge is 2.54. The average molecular weight is 426 g/mol. The highest BCUT2D eigenvalue weighted by atomic mass is 32.2. The number of likely N-dealkylation sites (tertiary alicyclic amines) is 1. The summed E-state index contributed by atoms with van der Waals surface area (Å²) in [6.07, 6.45) is 2.52. The van der Waals surface area contributed by atoms with Crippen molar-refractivity contribution in [2.45, 2.75) is 39.5 Å². The lowest BCUT2D eigenvalue weighted by Crippen LogP contribution is -2.45. The third kappa shape index (κ3) is 6.27. The summed E-state index contributed by atoms with van der Waals surface area (Å²) in [6, 6.07) is 9.85. The van der Waals surface area contributed by atoms with Crippen molar-refractivity contribution < 1.29 is 27.3 Å². The fourth-order valence-corrected chi connectivity index (χ4v) is 4.72. The van der Waals surface area contributed by atoms with E-state index in [9.17, 15) is 23.1 Å². The van der Waals surface area contributed by atoms with E-state index in [1.54, 1.807) is 4.90 Å². The first kappa shape index (κ1) is 23.3. The summed E-state index contributed by atoms with van der Waals surface area (Å²) in [6.45, 7) is 4.73. The number of carboxylic acids is 1. The fraction of sp³-hybridized carbons (Fsp3) is 0.619. The molecular weight excluding hydrogens is 394 g/mol. The number of rotatable bonds is 11. The van der Waals surface area contributed by atoms with Crippen LogP contribution in [0.4, 0.5) is 0 Å². The van der Waals surface area contributed by atoms with E-state index in [0.717, 1.165) is 11.8 Å². The number of carbonyl (C=O) groups is 2. The fourth-order valence-electron chi connectivity index (χ4n) is 4.32. The monoisotopic (exact) mass is 425 g/mol. The Bertz CT molecular complexity index is 808. The van der Waals surface area contributed by atoms with Gasteiger partial charge in [-0.15, -0.1) is 0 Å². The Morgan fingerprint density at radius 1 is 1.28 bits per heavy atom. The highest BCUT2D eigenvalue weighted by Crippen LogP contribution is 2.46. The molecule has 2 rings (SSSR count). The summed E-state index contributed by atoms with van der Waals surface area (Å²) in [5.74, 6) is -2.08. The molecule has 29 heavy (non-hydrogen) atoms. The third-order valence-corrected chi connectivity index (χ3v) is 6.09. The minimum Gasteiger partial charge on any atom is -0.481 e. The van der Waals surface area contributed by atoms with Crippen LogP contribution in [-0.2, 0) is 30.3 Å². The molecule has 0 bridgehead atoms. The standard InChI is InChI=1S/C21H31NO6S/c1-16(2)15-21(18(19(23)24)10-14-28-29(3,26)27)11-13-22(20(21)25)12-9-17-7-5-4-6-8-17/h4-8,16,18H,9-15H2,1-3H3,(H,23,24). The molecule has 0 aliphatic carbocycles. The Labute approximate surface area is 173 Å². The molecule has 0 radical (unpaired) electrons. The average Bonchev–Trinajstić information content (AvgIpc) is 2.92. The topological polar surface area (TPSA) is 101 Å². The quantitative estimate of drug-likeness (QED) is 0.547. The minimum atomic E-state index is -3.66. The van der Waals surface area contributed by atoms with Crippen LogP contribution in [-0.4, -0.2) is 56.3 Å². The maximum absolute atomic E-state index is 13.4. The van der Waals surface area contributed by atoms with Crippen molar-refractivity contribution in [3.8, 4) is 0 Å². The Kier molecular flexibility index (Phi) is 7.82. The molecule has 0 saturated carbocycles. The van der Waals surface area contributed by atoms with Gasteiger partial charge in [-0.1, -0.05) is 44.2 Å². The molecule has 2 atom stereocenters. The highest BCUT2D eigenvalue weighted by molar-refractivity contribution is 7.85. The van der Waals surface area contributed by atoms with Gasteiger partial charge in [0.15, 0.2) is 0 Å². The van der Waals surface area contributed by atoms with Crippen molar-refractivity contribution >= 4 is 22.0 Å². The molecule has 2 unspecified atom stereocenters. The Morgan fingerprint density at radius 3 is 2.48 bits per heavy atom. The number of hydrogen-bond acceptors (Lipinski definition) is 5. The minimum absolute atomic E-state index is 0.0204. The zero-order valence-electron chi connectivity index (χ0n) is 17.3. The van der Waals surface area contributed by atoms with Crippen LogP contribution < -0.4 is 0 Å². The smallest absolute Gasteiger partial charge is 0.307 e. The van der Waals surface area contributed by atoms with Crippen molar-refractivity contribution in [2.24, 2.45) is 17.3 Å². The van der Waals surface area contributed by atoms with Gasteiger partial charge in [0.25, 0.3) is 10.1 Å². The molecule has 0 aromatic heterocycles. The van der Waals surface area contributed by atoms with Gasteiger partial charge >= 0.3 is 5.97 Å². The molecule has 1 aromatic rings. The number of aliphatic carboxylic acids is 1. The van der Waals surface area contributed by atoms with E-state index in [2.05, 4.69) is 0 Å². The van der Waals surface area contributed by atoms with Gasteiger partial charge in [0, 0.05) is 13.1 Å². The molecule has 1 aliphatic heterocycles. The Hall–Kier alpha value is -1.93. The number of carbonyl (C=O) groups excluding carboxylic acids is 1. The van der Waals surface area contributed by atoms with Crippen LogP contribution in [0, 0.1) is 17.3 Å². The van der Waals surface area contributed by atoms with Crippen LogP contribution >= 0.6 is 0 Å². The molecule has 1 fully saturated rings. The van der Waals surface area contributed by atoms with Gasteiger partial charge in [0.2, 0.25) is 5.91 Å². The molecule has 162 valence electrons. The number of carboxylic acid groups (broad SMARTS) is 1. The first-order valence-corrected chi connectivity index (χ1v) is 11.8. The lowest BCUT2D eigenvalue weighted by molar-refractivity contribution is -0.155. The van der Waals surface area contributed by atoms with E-state index >= 15 is 0 Å². The third-order valence-electron chi connectivity index (χ3n) is 5.50. The first-order valence-electron chi connectivity index (χ1n) is 9.95. The van der Waals surface area contributed by atoms with Crippen LogP contribution in [0.1, 0.15) is 38.7 Å². The van der Waals surface area contributed by atoms with Gasteiger partial charge in [-0.05, 0) is 37.2 Å². The zero-order valence-corrected chi connectivity index (χ0v) is 18.2. The summed E-state index contributed by atoms with van der Waals surface area (Å²) in [5, 5.41) is 9.88. The van der Waals surface area contributed by atoms with Crippen molar-refractivity contribution in [1.82, 2.24) is 4.90 Å². The SMILES string of the molecule is CC(C)CC1(C(CCOS(C)(=O)=O)C(=O)O)CCN(CCc2ccccc2)C1=O. The largest absolute Gasteiger partial charge is 0.481 e. The van der Waals surface area contributed by atoms with E-state index in [0.29, 0.717) is 32.4 Å². The van der Waals surface area contributed by atoms with Gasteiger partial charge in [-0.25, -0.2) is 0 Å². The van der Waals surface area contributed by atoms with Crippen LogP contribution in [0.3, 0.4) is 0 Å². The Morgan fingerprint density at radius 2 is 1.93 bits per heavy atom. The molecule has 1 N–H and O–H groups in total. The molecule has 7 nitrogen and oxygen atoms in total. The van der Waals surface area contributed by atoms with Crippen molar-refractivity contribution in [3.63, 3.8) is 0 Å². The van der Waals surface area contributed by atoms with Crippen LogP contribution in [0.25, 0.3) is 0 Å². The van der Waals surface area contributed by atoms with Gasteiger partial charge in [0.1, 0.15) is 0 Å². The summed E-state index contributed by atoms with van der Waals surface area (Å²) in [5.41, 5.74) is 0.0929. The van der Waals surface area contributed by atoms with E-state index in [1.807, 2.05) is 44.2 Å². The number of benzene rings is 1. The van der Waals surface area contributed by atoms with Crippen molar-refractivity contribution in [3.05, 3.63) is 35.9 Å². The van der Waals surface area contributed by atoms with Crippen molar-refractivity contribution in [1.29, 1.82) is 0 Å². The normalized spacial score (nSPS) is 21.0. The summed E-state index contributed by atoms with van der Waals surface area (Å²) >= 11 is 0. The molecule has 1 aromatic carbocycles. The van der Waals surface area contributed by atoms with Crippen LogP contribution in [0.5, 0.6) is 0 Å². The number of nitrogens with zero attached hydrogens (tertiary/aromatic N) is 1. The van der Waals surface area contributed by atoms with E-state index in [-0.39, 0.29) is 24.9 Å². The molecule has 1 aliphatic rings. The van der Waals surface area contributed by atoms with Gasteiger partial charge in [0.05, 0.1) is 24.2 Å². The summed E-state index contributed by atoms with van der Waals surface area (Å²) < 4.78 is 27.3. The van der Waals surface area contributed by atoms with Gasteiger partial charge in [-0.3, -0.25) is 13.8 Å². The molecule has 0 spiro atoms. The second kappa shape index (κ2) is 9.71. The molecule has 1 saturated heterocycles. The summed E-state index contributed by atoms with van der Waals surface area (Å²) in [4.78, 5) is 27.2.